The maximum absolute atomic E-state index is 12.0. The lowest BCUT2D eigenvalue weighted by atomic mass is 10.1. The maximum Gasteiger partial charge on any atom is 0.273 e. The molecular weight excluding hydrogens is 308 g/mol. The summed E-state index contributed by atoms with van der Waals surface area (Å²) in [4.78, 5) is 25.8. The molecule has 7 heteroatoms. The van der Waals surface area contributed by atoms with E-state index in [1.165, 1.54) is 0 Å². The van der Waals surface area contributed by atoms with E-state index >= 15 is 0 Å². The standard InChI is InChI=1S/C17H22N4O3/c1-12(21(2)3)10-18-16(22)11-19-17(23)14-9-15(24-20-14)13-7-5-4-6-8-13/h4-9,12H,10-11H2,1-3H3,(H,18,22)(H,19,23)/t12-/m1/s1. The van der Waals surface area contributed by atoms with Gasteiger partial charge < -0.3 is 20.1 Å². The molecule has 2 amide bonds. The van der Waals surface area contributed by atoms with E-state index in [-0.39, 0.29) is 24.2 Å². The Hall–Kier alpha value is -2.67. The lowest BCUT2D eigenvalue weighted by molar-refractivity contribution is -0.120. The number of rotatable bonds is 7. The minimum absolute atomic E-state index is 0.105. The molecule has 0 bridgehead atoms. The van der Waals surface area contributed by atoms with Crippen molar-refractivity contribution >= 4 is 11.8 Å². The number of amides is 2. The third kappa shape index (κ3) is 4.92. The van der Waals surface area contributed by atoms with Crippen LogP contribution in [-0.2, 0) is 4.79 Å². The summed E-state index contributed by atoms with van der Waals surface area (Å²) in [6.07, 6.45) is 0. The van der Waals surface area contributed by atoms with Crippen LogP contribution in [0.3, 0.4) is 0 Å². The minimum Gasteiger partial charge on any atom is -0.355 e. The highest BCUT2D eigenvalue weighted by Crippen LogP contribution is 2.19. The second-order valence-corrected chi connectivity index (χ2v) is 5.74. The molecule has 1 aromatic carbocycles. The molecule has 2 aromatic rings. The molecule has 0 radical (unpaired) electrons. The molecule has 2 N–H and O–H groups in total. The lowest BCUT2D eigenvalue weighted by Gasteiger charge is -2.19. The van der Waals surface area contributed by atoms with Crippen LogP contribution in [0.1, 0.15) is 17.4 Å². The fourth-order valence-corrected chi connectivity index (χ4v) is 1.88. The topological polar surface area (TPSA) is 87.5 Å². The van der Waals surface area contributed by atoms with Gasteiger partial charge in [-0.25, -0.2) is 0 Å². The smallest absolute Gasteiger partial charge is 0.273 e. The van der Waals surface area contributed by atoms with Crippen LogP contribution in [0, 0.1) is 0 Å². The second-order valence-electron chi connectivity index (χ2n) is 5.74. The summed E-state index contributed by atoms with van der Waals surface area (Å²) < 4.78 is 5.17. The summed E-state index contributed by atoms with van der Waals surface area (Å²) in [5.41, 5.74) is 0.975. The van der Waals surface area contributed by atoms with Gasteiger partial charge in [-0.15, -0.1) is 0 Å². The predicted octanol–water partition coefficient (Wildman–Crippen LogP) is 1.14. The Bertz CT molecular complexity index is 682. The molecule has 2 rings (SSSR count). The largest absolute Gasteiger partial charge is 0.355 e. The highest BCUT2D eigenvalue weighted by molar-refractivity contribution is 5.95. The zero-order chi connectivity index (χ0) is 17.5. The predicted molar refractivity (Wildman–Crippen MR) is 90.4 cm³/mol. The van der Waals surface area contributed by atoms with E-state index in [4.69, 9.17) is 4.52 Å². The van der Waals surface area contributed by atoms with Crippen LogP contribution in [0.25, 0.3) is 11.3 Å². The van der Waals surface area contributed by atoms with Gasteiger partial charge in [0, 0.05) is 24.2 Å². The van der Waals surface area contributed by atoms with Crippen molar-refractivity contribution in [1.29, 1.82) is 0 Å². The van der Waals surface area contributed by atoms with E-state index in [0.29, 0.717) is 12.3 Å². The van der Waals surface area contributed by atoms with Gasteiger partial charge in [0.05, 0.1) is 6.54 Å². The molecular formula is C17H22N4O3. The van der Waals surface area contributed by atoms with E-state index in [1.54, 1.807) is 6.07 Å². The Kier molecular flexibility index (Phi) is 6.08. The fraction of sp³-hybridized carbons (Fsp3) is 0.353. The number of nitrogens with one attached hydrogen (secondary N) is 2. The van der Waals surface area contributed by atoms with Crippen LogP contribution in [0.5, 0.6) is 0 Å². The Morgan fingerprint density at radius 3 is 2.58 bits per heavy atom. The first kappa shape index (κ1) is 17.7. The molecule has 1 atom stereocenters. The molecule has 0 saturated carbocycles. The molecule has 0 spiro atoms. The van der Waals surface area contributed by atoms with Gasteiger partial charge in [-0.3, -0.25) is 9.59 Å². The Morgan fingerprint density at radius 1 is 1.21 bits per heavy atom. The van der Waals surface area contributed by atoms with Crippen LogP contribution < -0.4 is 10.6 Å². The first-order chi connectivity index (χ1) is 11.5. The maximum atomic E-state index is 12.0. The van der Waals surface area contributed by atoms with Crippen LogP contribution >= 0.6 is 0 Å². The molecule has 0 aliphatic carbocycles. The number of carbonyl (C=O) groups is 2. The molecule has 1 aromatic heterocycles. The van der Waals surface area contributed by atoms with Crippen molar-refractivity contribution in [2.45, 2.75) is 13.0 Å². The number of hydrogen-bond acceptors (Lipinski definition) is 5. The zero-order valence-electron chi connectivity index (χ0n) is 14.1. The lowest BCUT2D eigenvalue weighted by Crippen LogP contribution is -2.42. The van der Waals surface area contributed by atoms with Crippen LogP contribution in [0.15, 0.2) is 40.9 Å². The number of likely N-dealkylation sites (N-methyl/N-ethyl adjacent to an activating group) is 1. The van der Waals surface area contributed by atoms with E-state index < -0.39 is 5.91 Å². The van der Waals surface area contributed by atoms with Crippen molar-refractivity contribution in [3.05, 3.63) is 42.1 Å². The van der Waals surface area contributed by atoms with Crippen molar-refractivity contribution in [2.24, 2.45) is 0 Å². The summed E-state index contributed by atoms with van der Waals surface area (Å²) in [5.74, 6) is -0.189. The molecule has 128 valence electrons. The van der Waals surface area contributed by atoms with Gasteiger partial charge in [-0.05, 0) is 21.0 Å². The van der Waals surface area contributed by atoms with E-state index in [1.807, 2.05) is 56.3 Å². The summed E-state index contributed by atoms with van der Waals surface area (Å²) in [6, 6.07) is 11.1. The number of nitrogens with zero attached hydrogens (tertiary/aromatic N) is 2. The summed E-state index contributed by atoms with van der Waals surface area (Å²) in [6.45, 7) is 2.41. The molecule has 24 heavy (non-hydrogen) atoms. The van der Waals surface area contributed by atoms with Gasteiger partial charge in [0.25, 0.3) is 5.91 Å². The molecule has 0 unspecified atom stereocenters. The van der Waals surface area contributed by atoms with Crippen molar-refractivity contribution in [2.75, 3.05) is 27.2 Å². The minimum atomic E-state index is -0.447. The fourth-order valence-electron chi connectivity index (χ4n) is 1.88. The summed E-state index contributed by atoms with van der Waals surface area (Å²) in [5, 5.41) is 9.03. The highest BCUT2D eigenvalue weighted by atomic mass is 16.5. The van der Waals surface area contributed by atoms with E-state index in [0.717, 1.165) is 5.56 Å². The Balaban J connectivity index is 1.83. The Labute approximate surface area is 141 Å². The van der Waals surface area contributed by atoms with Gasteiger partial charge in [-0.2, -0.15) is 0 Å². The van der Waals surface area contributed by atoms with Crippen molar-refractivity contribution < 1.29 is 14.1 Å². The molecule has 0 aliphatic rings. The van der Waals surface area contributed by atoms with Crippen LogP contribution in [0.4, 0.5) is 0 Å². The van der Waals surface area contributed by atoms with Crippen LogP contribution in [0.2, 0.25) is 0 Å². The molecule has 0 aliphatic heterocycles. The van der Waals surface area contributed by atoms with E-state index in [9.17, 15) is 9.59 Å². The molecule has 1 heterocycles. The zero-order valence-corrected chi connectivity index (χ0v) is 14.1. The average Bonchev–Trinajstić information content (AvgIpc) is 3.08. The first-order valence-electron chi connectivity index (χ1n) is 7.71. The molecule has 0 fully saturated rings. The van der Waals surface area contributed by atoms with Gasteiger partial charge >= 0.3 is 0 Å². The number of aromatic nitrogens is 1. The second kappa shape index (κ2) is 8.26. The van der Waals surface area contributed by atoms with Gasteiger partial charge in [0.1, 0.15) is 0 Å². The number of carbonyl (C=O) groups excluding carboxylic acids is 2. The SMILES string of the molecule is C[C@H](CNC(=O)CNC(=O)c1cc(-c2ccccc2)on1)N(C)C. The summed E-state index contributed by atoms with van der Waals surface area (Å²) in [7, 11) is 3.88. The van der Waals surface area contributed by atoms with Gasteiger partial charge in [0.2, 0.25) is 5.91 Å². The van der Waals surface area contributed by atoms with Crippen LogP contribution in [-0.4, -0.2) is 55.1 Å². The number of hydrogen-bond donors (Lipinski definition) is 2. The third-order valence-electron chi connectivity index (χ3n) is 3.69. The summed E-state index contributed by atoms with van der Waals surface area (Å²) >= 11 is 0. The van der Waals surface area contributed by atoms with Gasteiger partial charge in [0.15, 0.2) is 11.5 Å². The van der Waals surface area contributed by atoms with Crippen molar-refractivity contribution in [1.82, 2.24) is 20.7 Å². The molecule has 0 saturated heterocycles. The quantitative estimate of drug-likeness (QED) is 0.795. The van der Waals surface area contributed by atoms with E-state index in [2.05, 4.69) is 15.8 Å². The number of benzene rings is 1. The molecule has 7 nitrogen and oxygen atoms in total. The van der Waals surface area contributed by atoms with Crippen molar-refractivity contribution in [3.8, 4) is 11.3 Å². The average molecular weight is 330 g/mol. The highest BCUT2D eigenvalue weighted by Gasteiger charge is 2.15. The van der Waals surface area contributed by atoms with Gasteiger partial charge in [-0.1, -0.05) is 35.5 Å². The monoisotopic (exact) mass is 330 g/mol. The first-order valence-corrected chi connectivity index (χ1v) is 7.71. The Morgan fingerprint density at radius 2 is 1.92 bits per heavy atom. The third-order valence-corrected chi connectivity index (χ3v) is 3.69. The normalized spacial score (nSPS) is 12.0. The van der Waals surface area contributed by atoms with Crippen molar-refractivity contribution in [3.63, 3.8) is 0 Å².